The zero-order chi connectivity index (χ0) is 22.0. The number of likely N-dealkylation sites (N-methyl/N-ethyl adjacent to an activating group) is 1. The summed E-state index contributed by atoms with van der Waals surface area (Å²) in [6, 6.07) is 7.82. The lowest BCUT2D eigenvalue weighted by atomic mass is 10.2. The largest absolute Gasteiger partial charge is 0.379 e. The van der Waals surface area contributed by atoms with Gasteiger partial charge in [-0.2, -0.15) is 0 Å². The number of anilines is 2. The molecular weight excluding hydrogens is 410 g/mol. The van der Waals surface area contributed by atoms with Crippen LogP contribution in [0.2, 0.25) is 0 Å². The number of thiophene rings is 1. The van der Waals surface area contributed by atoms with Crippen LogP contribution in [-0.2, 0) is 16.1 Å². The van der Waals surface area contributed by atoms with Crippen molar-refractivity contribution in [1.29, 1.82) is 0 Å². The number of aromatic nitrogens is 2. The Morgan fingerprint density at radius 1 is 1.16 bits per heavy atom. The molecule has 164 valence electrons. The number of hydrogen-bond donors (Lipinski definition) is 1. The van der Waals surface area contributed by atoms with Gasteiger partial charge in [-0.05, 0) is 38.5 Å². The molecule has 1 aliphatic heterocycles. The van der Waals surface area contributed by atoms with Gasteiger partial charge in [-0.15, -0.1) is 11.3 Å². The Balaban J connectivity index is 1.57. The van der Waals surface area contributed by atoms with Crippen molar-refractivity contribution >= 4 is 39.0 Å². The van der Waals surface area contributed by atoms with Gasteiger partial charge < -0.3 is 15.0 Å². The number of nitrogens with one attached hydrogen (secondary N) is 1. The first-order valence-corrected chi connectivity index (χ1v) is 11.4. The number of aryl methyl sites for hydroxylation is 3. The summed E-state index contributed by atoms with van der Waals surface area (Å²) in [5, 5.41) is 4.02. The molecule has 3 heterocycles. The first kappa shape index (κ1) is 21.7. The van der Waals surface area contributed by atoms with Gasteiger partial charge in [-0.25, -0.2) is 9.97 Å². The Morgan fingerprint density at radius 2 is 1.87 bits per heavy atom. The number of rotatable bonds is 6. The molecule has 0 aliphatic carbocycles. The van der Waals surface area contributed by atoms with Crippen LogP contribution < -0.4 is 10.2 Å². The van der Waals surface area contributed by atoms with Crippen LogP contribution in [-0.4, -0.2) is 60.7 Å². The Kier molecular flexibility index (Phi) is 6.50. The molecule has 7 nitrogen and oxygen atoms in total. The number of benzene rings is 1. The average molecular weight is 440 g/mol. The van der Waals surface area contributed by atoms with Gasteiger partial charge in [0.1, 0.15) is 16.5 Å². The third-order valence-corrected chi connectivity index (χ3v) is 6.70. The minimum atomic E-state index is -0.0718. The van der Waals surface area contributed by atoms with Crippen molar-refractivity contribution in [3.8, 4) is 0 Å². The van der Waals surface area contributed by atoms with Crippen molar-refractivity contribution in [2.24, 2.45) is 0 Å². The summed E-state index contributed by atoms with van der Waals surface area (Å²) in [6.45, 7) is 10.4. The number of carbonyl (C=O) groups is 1. The molecule has 3 aromatic rings. The molecule has 8 heteroatoms. The minimum Gasteiger partial charge on any atom is -0.379 e. The van der Waals surface area contributed by atoms with Crippen molar-refractivity contribution < 1.29 is 9.53 Å². The number of hydrogen-bond acceptors (Lipinski definition) is 7. The third-order valence-electron chi connectivity index (χ3n) is 5.60. The normalized spacial score (nSPS) is 14.7. The van der Waals surface area contributed by atoms with Crippen molar-refractivity contribution in [1.82, 2.24) is 14.9 Å². The SMILES string of the molecule is Cc1ccc(NC(=O)CN(C)c2nc(CN3CCOCC3)nc3sc(C)c(C)c23)cc1. The standard InChI is InChI=1S/C23H29N5O2S/c1-15-5-7-18(8-6-15)24-20(29)14-27(4)22-21-16(2)17(3)31-23(21)26-19(25-22)13-28-9-11-30-12-10-28/h5-8H,9-14H2,1-4H3,(H,24,29). The number of morpholine rings is 1. The molecule has 0 atom stereocenters. The van der Waals surface area contributed by atoms with Gasteiger partial charge in [0.05, 0.1) is 31.7 Å². The second-order valence-electron chi connectivity index (χ2n) is 8.09. The lowest BCUT2D eigenvalue weighted by Crippen LogP contribution is -2.36. The van der Waals surface area contributed by atoms with Crippen molar-refractivity contribution in [2.45, 2.75) is 27.3 Å². The molecule has 1 saturated heterocycles. The molecule has 2 aromatic heterocycles. The molecule has 31 heavy (non-hydrogen) atoms. The average Bonchev–Trinajstić information content (AvgIpc) is 3.03. The number of nitrogens with zero attached hydrogens (tertiary/aromatic N) is 4. The van der Waals surface area contributed by atoms with E-state index in [0.717, 1.165) is 59.4 Å². The highest BCUT2D eigenvalue weighted by Gasteiger charge is 2.20. The van der Waals surface area contributed by atoms with E-state index in [2.05, 4.69) is 24.1 Å². The van der Waals surface area contributed by atoms with E-state index in [1.165, 1.54) is 10.4 Å². The molecule has 0 radical (unpaired) electrons. The highest BCUT2D eigenvalue weighted by Crippen LogP contribution is 2.34. The number of amides is 1. The Morgan fingerprint density at radius 3 is 2.58 bits per heavy atom. The van der Waals surface area contributed by atoms with E-state index in [1.807, 2.05) is 43.1 Å². The molecular formula is C23H29N5O2S. The molecule has 0 spiro atoms. The zero-order valence-corrected chi connectivity index (χ0v) is 19.4. The van der Waals surface area contributed by atoms with Crippen LogP contribution in [0, 0.1) is 20.8 Å². The van der Waals surface area contributed by atoms with Crippen LogP contribution in [0.3, 0.4) is 0 Å². The van der Waals surface area contributed by atoms with Crippen LogP contribution >= 0.6 is 11.3 Å². The van der Waals surface area contributed by atoms with E-state index in [9.17, 15) is 4.79 Å². The Bertz CT molecular complexity index is 1070. The lowest BCUT2D eigenvalue weighted by Gasteiger charge is -2.26. The molecule has 4 rings (SSSR count). The summed E-state index contributed by atoms with van der Waals surface area (Å²) in [4.78, 5) is 28.9. The summed E-state index contributed by atoms with van der Waals surface area (Å²) in [5.74, 6) is 1.53. The van der Waals surface area contributed by atoms with Crippen LogP contribution in [0.5, 0.6) is 0 Å². The summed E-state index contributed by atoms with van der Waals surface area (Å²) < 4.78 is 5.45. The molecule has 0 unspecified atom stereocenters. The van der Waals surface area contributed by atoms with Crippen LogP contribution in [0.1, 0.15) is 21.8 Å². The fourth-order valence-corrected chi connectivity index (χ4v) is 4.75. The predicted molar refractivity (Wildman–Crippen MR) is 126 cm³/mol. The third kappa shape index (κ3) is 5.03. The van der Waals surface area contributed by atoms with E-state index in [1.54, 1.807) is 11.3 Å². The van der Waals surface area contributed by atoms with Crippen molar-refractivity contribution in [3.63, 3.8) is 0 Å². The minimum absolute atomic E-state index is 0.0718. The van der Waals surface area contributed by atoms with Crippen molar-refractivity contribution in [3.05, 3.63) is 46.1 Å². The predicted octanol–water partition coefficient (Wildman–Crippen LogP) is 3.52. The van der Waals surface area contributed by atoms with Gasteiger partial charge in [0.25, 0.3) is 0 Å². The maximum atomic E-state index is 12.7. The fraction of sp³-hybridized carbons (Fsp3) is 0.435. The molecule has 1 aromatic carbocycles. The molecule has 1 fully saturated rings. The monoisotopic (exact) mass is 439 g/mol. The number of ether oxygens (including phenoxy) is 1. The molecule has 1 amide bonds. The van der Waals surface area contributed by atoms with Gasteiger partial charge in [0, 0.05) is 30.7 Å². The summed E-state index contributed by atoms with van der Waals surface area (Å²) in [7, 11) is 1.92. The molecule has 1 aliphatic rings. The highest BCUT2D eigenvalue weighted by atomic mass is 32.1. The quantitative estimate of drug-likeness (QED) is 0.634. The van der Waals surface area contributed by atoms with Crippen LogP contribution in [0.4, 0.5) is 11.5 Å². The number of fused-ring (bicyclic) bond motifs is 1. The lowest BCUT2D eigenvalue weighted by molar-refractivity contribution is -0.114. The van der Waals surface area contributed by atoms with Crippen LogP contribution in [0.15, 0.2) is 24.3 Å². The van der Waals surface area contributed by atoms with E-state index < -0.39 is 0 Å². The summed E-state index contributed by atoms with van der Waals surface area (Å²) >= 11 is 1.69. The van der Waals surface area contributed by atoms with Gasteiger partial charge >= 0.3 is 0 Å². The van der Waals surface area contributed by atoms with E-state index in [4.69, 9.17) is 14.7 Å². The zero-order valence-electron chi connectivity index (χ0n) is 18.6. The van der Waals surface area contributed by atoms with Gasteiger partial charge in [0.15, 0.2) is 0 Å². The fourth-order valence-electron chi connectivity index (χ4n) is 3.71. The second-order valence-corrected chi connectivity index (χ2v) is 9.29. The van der Waals surface area contributed by atoms with Crippen LogP contribution in [0.25, 0.3) is 10.2 Å². The van der Waals surface area contributed by atoms with Gasteiger partial charge in [0.2, 0.25) is 5.91 Å². The first-order valence-electron chi connectivity index (χ1n) is 10.5. The summed E-state index contributed by atoms with van der Waals surface area (Å²) in [6.07, 6.45) is 0. The second kappa shape index (κ2) is 9.30. The smallest absolute Gasteiger partial charge is 0.243 e. The molecule has 0 bridgehead atoms. The van der Waals surface area contributed by atoms with Gasteiger partial charge in [-0.3, -0.25) is 9.69 Å². The Hall–Kier alpha value is -2.55. The number of carbonyl (C=O) groups excluding carboxylic acids is 1. The van der Waals surface area contributed by atoms with E-state index in [0.29, 0.717) is 6.54 Å². The molecule has 1 N–H and O–H groups in total. The highest BCUT2D eigenvalue weighted by molar-refractivity contribution is 7.18. The summed E-state index contributed by atoms with van der Waals surface area (Å²) in [5.41, 5.74) is 3.14. The van der Waals surface area contributed by atoms with Gasteiger partial charge in [-0.1, -0.05) is 17.7 Å². The maximum absolute atomic E-state index is 12.7. The maximum Gasteiger partial charge on any atom is 0.243 e. The topological polar surface area (TPSA) is 70.6 Å². The van der Waals surface area contributed by atoms with E-state index >= 15 is 0 Å². The molecule has 0 saturated carbocycles. The van der Waals surface area contributed by atoms with E-state index in [-0.39, 0.29) is 12.5 Å². The van der Waals surface area contributed by atoms with Crippen molar-refractivity contribution in [2.75, 3.05) is 50.1 Å². The first-order chi connectivity index (χ1) is 14.9. The Labute approximate surface area is 187 Å².